The number of rotatable bonds is 6. The zero-order valence-corrected chi connectivity index (χ0v) is 17.5. The van der Waals surface area contributed by atoms with Gasteiger partial charge in [0, 0.05) is 29.9 Å². The number of amides is 1. The van der Waals surface area contributed by atoms with Gasteiger partial charge in [0.2, 0.25) is 5.91 Å². The molecular weight excluding hydrogens is 413 g/mol. The largest absolute Gasteiger partial charge is 0.469 e. The van der Waals surface area contributed by atoms with E-state index in [4.69, 9.17) is 4.98 Å². The Morgan fingerprint density at radius 2 is 1.94 bits per heavy atom. The highest BCUT2D eigenvalue weighted by Gasteiger charge is 2.18. The van der Waals surface area contributed by atoms with Crippen LogP contribution in [0.4, 0.5) is 10.2 Å². The fourth-order valence-electron chi connectivity index (χ4n) is 3.31. The summed E-state index contributed by atoms with van der Waals surface area (Å²) in [5, 5.41) is 7.10. The number of hydrogen-bond acceptors (Lipinski definition) is 6. The number of imidazole rings is 1. The van der Waals surface area contributed by atoms with Crippen molar-refractivity contribution in [2.24, 2.45) is 0 Å². The van der Waals surface area contributed by atoms with E-state index in [1.807, 2.05) is 6.07 Å². The number of carbonyl (C=O) groups excluding carboxylic acids is 2. The summed E-state index contributed by atoms with van der Waals surface area (Å²) in [6.45, 7) is 1.70. The van der Waals surface area contributed by atoms with Crippen LogP contribution in [-0.2, 0) is 14.3 Å². The van der Waals surface area contributed by atoms with E-state index in [0.29, 0.717) is 34.0 Å². The van der Waals surface area contributed by atoms with Crippen LogP contribution in [0.15, 0.2) is 54.9 Å². The Bertz CT molecular complexity index is 1320. The van der Waals surface area contributed by atoms with Gasteiger partial charge in [0.05, 0.1) is 19.2 Å². The first-order valence-corrected chi connectivity index (χ1v) is 9.89. The number of anilines is 1. The van der Waals surface area contributed by atoms with Gasteiger partial charge in [-0.25, -0.2) is 18.9 Å². The smallest absolute Gasteiger partial charge is 0.306 e. The number of hydrogen-bond donors (Lipinski definition) is 1. The summed E-state index contributed by atoms with van der Waals surface area (Å²) < 4.78 is 20.1. The third-order valence-electron chi connectivity index (χ3n) is 4.91. The highest BCUT2D eigenvalue weighted by atomic mass is 19.1. The van der Waals surface area contributed by atoms with Crippen molar-refractivity contribution in [1.82, 2.24) is 19.6 Å². The van der Waals surface area contributed by atoms with Crippen molar-refractivity contribution in [3.05, 3.63) is 66.2 Å². The predicted molar refractivity (Wildman–Crippen MR) is 116 cm³/mol. The summed E-state index contributed by atoms with van der Waals surface area (Å²) >= 11 is 0. The number of fused-ring (bicyclic) bond motifs is 1. The molecule has 1 amide bonds. The van der Waals surface area contributed by atoms with E-state index in [2.05, 4.69) is 20.1 Å². The first-order valence-electron chi connectivity index (χ1n) is 9.89. The Labute approximate surface area is 183 Å². The van der Waals surface area contributed by atoms with Gasteiger partial charge < -0.3 is 10.1 Å². The number of esters is 1. The number of methoxy groups -OCH3 is 1. The predicted octanol–water partition coefficient (Wildman–Crippen LogP) is 3.80. The van der Waals surface area contributed by atoms with Crippen LogP contribution < -0.4 is 5.32 Å². The van der Waals surface area contributed by atoms with Crippen LogP contribution in [-0.4, -0.2) is 38.6 Å². The molecule has 1 aromatic carbocycles. The second-order valence-electron chi connectivity index (χ2n) is 7.12. The van der Waals surface area contributed by atoms with Gasteiger partial charge in [-0.05, 0) is 55.0 Å². The molecule has 0 fully saturated rings. The van der Waals surface area contributed by atoms with Crippen molar-refractivity contribution >= 4 is 23.3 Å². The average molecular weight is 433 g/mol. The lowest BCUT2D eigenvalue weighted by molar-refractivity contribution is -0.141. The van der Waals surface area contributed by atoms with Crippen molar-refractivity contribution in [2.45, 2.75) is 19.8 Å². The van der Waals surface area contributed by atoms with Crippen LogP contribution in [0.5, 0.6) is 0 Å². The topological polar surface area (TPSA) is 98.5 Å². The number of ether oxygens (including phenoxy) is 1. The minimum atomic E-state index is -0.460. The van der Waals surface area contributed by atoms with Crippen LogP contribution in [0.1, 0.15) is 18.4 Å². The maximum atomic E-state index is 13.8. The molecule has 0 radical (unpaired) electrons. The molecule has 9 heteroatoms. The Morgan fingerprint density at radius 3 is 2.72 bits per heavy atom. The number of nitrogens with one attached hydrogen (secondary N) is 1. The van der Waals surface area contributed by atoms with Crippen LogP contribution in [0.25, 0.3) is 28.2 Å². The van der Waals surface area contributed by atoms with Gasteiger partial charge in [-0.3, -0.25) is 9.59 Å². The van der Waals surface area contributed by atoms with Gasteiger partial charge in [-0.1, -0.05) is 0 Å². The van der Waals surface area contributed by atoms with E-state index in [-0.39, 0.29) is 24.6 Å². The van der Waals surface area contributed by atoms with Crippen molar-refractivity contribution in [3.8, 4) is 22.5 Å². The van der Waals surface area contributed by atoms with Gasteiger partial charge >= 0.3 is 5.97 Å². The molecular formula is C23H20FN5O3. The lowest BCUT2D eigenvalue weighted by Crippen LogP contribution is -2.14. The molecule has 0 unspecified atom stereocenters. The second kappa shape index (κ2) is 8.93. The Morgan fingerprint density at radius 1 is 1.09 bits per heavy atom. The Kier molecular flexibility index (Phi) is 5.89. The quantitative estimate of drug-likeness (QED) is 0.465. The standard InChI is InChI=1S/C23H20FN5O3/c1-14-12-15(5-6-17(14)24)22-23(29-19(28-22)4-3-10-26-29)16-9-11-25-18(13-16)27-20(30)7-8-21(31)32-2/h3-6,9-13H,7-8H2,1-2H3,(H,25,27,30). The summed E-state index contributed by atoms with van der Waals surface area (Å²) in [4.78, 5) is 32.3. The van der Waals surface area contributed by atoms with Crippen LogP contribution in [0, 0.1) is 12.7 Å². The van der Waals surface area contributed by atoms with Crippen molar-refractivity contribution < 1.29 is 18.7 Å². The molecule has 3 heterocycles. The summed E-state index contributed by atoms with van der Waals surface area (Å²) in [7, 11) is 1.27. The van der Waals surface area contributed by atoms with E-state index in [0.717, 1.165) is 5.56 Å². The van der Waals surface area contributed by atoms with Crippen LogP contribution >= 0.6 is 0 Å². The van der Waals surface area contributed by atoms with Gasteiger partial charge in [0.25, 0.3) is 0 Å². The van der Waals surface area contributed by atoms with Gasteiger partial charge in [0.1, 0.15) is 17.3 Å². The number of halogens is 1. The zero-order valence-electron chi connectivity index (χ0n) is 17.5. The molecule has 162 valence electrons. The maximum Gasteiger partial charge on any atom is 0.306 e. The van der Waals surface area contributed by atoms with Crippen molar-refractivity contribution in [3.63, 3.8) is 0 Å². The average Bonchev–Trinajstić information content (AvgIpc) is 3.19. The molecule has 0 saturated carbocycles. The maximum absolute atomic E-state index is 13.8. The Hall–Kier alpha value is -4.14. The highest BCUT2D eigenvalue weighted by Crippen LogP contribution is 2.33. The molecule has 3 aromatic heterocycles. The lowest BCUT2D eigenvalue weighted by atomic mass is 10.0. The molecule has 1 N–H and O–H groups in total. The number of pyridine rings is 1. The molecule has 0 spiro atoms. The second-order valence-corrected chi connectivity index (χ2v) is 7.12. The SMILES string of the molecule is COC(=O)CCC(=O)Nc1cc(-c2c(-c3ccc(F)c(C)c3)nc3cccnn23)ccn1. The minimum Gasteiger partial charge on any atom is -0.469 e. The zero-order chi connectivity index (χ0) is 22.7. The molecule has 32 heavy (non-hydrogen) atoms. The number of nitrogens with zero attached hydrogens (tertiary/aromatic N) is 4. The number of carbonyl (C=O) groups is 2. The fraction of sp³-hybridized carbons (Fsp3) is 0.174. The number of aromatic nitrogens is 4. The summed E-state index contributed by atoms with van der Waals surface area (Å²) in [5.41, 5.74) is 3.89. The highest BCUT2D eigenvalue weighted by molar-refractivity contribution is 5.92. The fourth-order valence-corrected chi connectivity index (χ4v) is 3.31. The lowest BCUT2D eigenvalue weighted by Gasteiger charge is -2.09. The normalized spacial score (nSPS) is 10.8. The molecule has 0 saturated heterocycles. The molecule has 4 rings (SSSR count). The van der Waals surface area contributed by atoms with E-state index >= 15 is 0 Å². The minimum absolute atomic E-state index is 0.0180. The van der Waals surface area contributed by atoms with E-state index in [1.54, 1.807) is 54.2 Å². The molecule has 0 atom stereocenters. The molecule has 0 aliphatic rings. The van der Waals surface area contributed by atoms with Gasteiger partial charge in [-0.15, -0.1) is 0 Å². The molecule has 0 aliphatic heterocycles. The van der Waals surface area contributed by atoms with Crippen LogP contribution in [0.2, 0.25) is 0 Å². The third-order valence-corrected chi connectivity index (χ3v) is 4.91. The van der Waals surface area contributed by atoms with Gasteiger partial charge in [-0.2, -0.15) is 5.10 Å². The number of aryl methyl sites for hydroxylation is 1. The van der Waals surface area contributed by atoms with Gasteiger partial charge in [0.15, 0.2) is 5.65 Å². The first-order chi connectivity index (χ1) is 15.5. The summed E-state index contributed by atoms with van der Waals surface area (Å²) in [6.07, 6.45) is 3.17. The van der Waals surface area contributed by atoms with Crippen LogP contribution in [0.3, 0.4) is 0 Å². The monoisotopic (exact) mass is 433 g/mol. The van der Waals surface area contributed by atoms with Crippen molar-refractivity contribution in [2.75, 3.05) is 12.4 Å². The molecule has 8 nitrogen and oxygen atoms in total. The first kappa shape index (κ1) is 21.1. The number of benzene rings is 1. The molecule has 4 aromatic rings. The van der Waals surface area contributed by atoms with E-state index in [9.17, 15) is 14.0 Å². The summed E-state index contributed by atoms with van der Waals surface area (Å²) in [5.74, 6) is -0.786. The van der Waals surface area contributed by atoms with E-state index in [1.165, 1.54) is 13.2 Å². The van der Waals surface area contributed by atoms with E-state index < -0.39 is 5.97 Å². The molecule has 0 aliphatic carbocycles. The summed E-state index contributed by atoms with van der Waals surface area (Å²) in [6, 6.07) is 11.9. The third kappa shape index (κ3) is 4.31. The molecule has 0 bridgehead atoms. The Balaban J connectivity index is 1.73. The van der Waals surface area contributed by atoms with Crippen molar-refractivity contribution in [1.29, 1.82) is 0 Å².